The van der Waals surface area contributed by atoms with Crippen molar-refractivity contribution in [2.75, 3.05) is 5.32 Å². The van der Waals surface area contributed by atoms with Crippen molar-refractivity contribution in [2.45, 2.75) is 0 Å². The molecule has 0 radical (unpaired) electrons. The zero-order valence-electron chi connectivity index (χ0n) is 12.3. The fraction of sp³-hybridized carbons (Fsp3) is 0. The number of nitrogens with zero attached hydrogens (tertiary/aromatic N) is 1. The van der Waals surface area contributed by atoms with Crippen molar-refractivity contribution in [3.63, 3.8) is 0 Å². The molecule has 4 N–H and O–H groups in total. The van der Waals surface area contributed by atoms with Crippen LogP contribution in [-0.2, 0) is 0 Å². The van der Waals surface area contributed by atoms with E-state index in [-0.39, 0.29) is 21.4 Å². The molecule has 0 saturated heterocycles. The van der Waals surface area contributed by atoms with Gasteiger partial charge in [0.25, 0.3) is 11.8 Å². The first kappa shape index (κ1) is 17.1. The third-order valence-corrected chi connectivity index (χ3v) is 4.29. The summed E-state index contributed by atoms with van der Waals surface area (Å²) in [5.41, 5.74) is 6.28. The Balaban J connectivity index is 1.80. The molecular formula is C15H9ClF2N4O2S. The van der Waals surface area contributed by atoms with Gasteiger partial charge in [-0.25, -0.2) is 13.8 Å². The number of thiazole rings is 1. The minimum Gasteiger partial charge on any atom is -0.364 e. The molecule has 0 unspecified atom stereocenters. The average Bonchev–Trinajstić information content (AvgIpc) is 3.19. The molecule has 0 bridgehead atoms. The smallest absolute Gasteiger partial charge is 0.265 e. The maximum Gasteiger partial charge on any atom is 0.265 e. The van der Waals surface area contributed by atoms with E-state index in [1.165, 1.54) is 6.07 Å². The summed E-state index contributed by atoms with van der Waals surface area (Å²) < 4.78 is 26.3. The van der Waals surface area contributed by atoms with Crippen molar-refractivity contribution >= 4 is 39.9 Å². The van der Waals surface area contributed by atoms with Gasteiger partial charge in [-0.1, -0.05) is 11.6 Å². The molecule has 1 aromatic carbocycles. The van der Waals surface area contributed by atoms with Gasteiger partial charge in [0, 0.05) is 17.1 Å². The van der Waals surface area contributed by atoms with Gasteiger partial charge in [-0.15, -0.1) is 11.3 Å². The van der Waals surface area contributed by atoms with E-state index in [0.29, 0.717) is 17.3 Å². The molecular weight excluding hydrogens is 374 g/mol. The number of halogens is 3. The summed E-state index contributed by atoms with van der Waals surface area (Å²) in [6.45, 7) is 0. The lowest BCUT2D eigenvalue weighted by Crippen LogP contribution is -2.13. The molecule has 2 aromatic heterocycles. The van der Waals surface area contributed by atoms with E-state index < -0.39 is 23.4 Å². The standard InChI is InChI=1S/C15H9ClF2N4O2S/c16-8-3-10(18)9(17)2-7(8)14(24)22-15-21-12(5-25-15)6-1-11(13(19)23)20-4-6/h1-5,20H,(H2,19,23)(H,21,22,24). The van der Waals surface area contributed by atoms with Crippen molar-refractivity contribution in [1.29, 1.82) is 0 Å². The molecule has 0 saturated carbocycles. The predicted molar refractivity (Wildman–Crippen MR) is 89.7 cm³/mol. The van der Waals surface area contributed by atoms with Gasteiger partial charge in [0.1, 0.15) is 5.69 Å². The Bertz CT molecular complexity index is 986. The van der Waals surface area contributed by atoms with Gasteiger partial charge in [0.2, 0.25) is 0 Å². The molecule has 10 heteroatoms. The third-order valence-electron chi connectivity index (χ3n) is 3.22. The first-order valence-electron chi connectivity index (χ1n) is 6.75. The number of hydrogen-bond donors (Lipinski definition) is 3. The summed E-state index contributed by atoms with van der Waals surface area (Å²) in [7, 11) is 0. The molecule has 0 spiro atoms. The number of H-pyrrole nitrogens is 1. The van der Waals surface area contributed by atoms with Crippen LogP contribution >= 0.6 is 22.9 Å². The summed E-state index contributed by atoms with van der Waals surface area (Å²) >= 11 is 6.88. The lowest BCUT2D eigenvalue weighted by molar-refractivity contribution is 0.0994. The highest BCUT2D eigenvalue weighted by molar-refractivity contribution is 7.14. The van der Waals surface area contributed by atoms with E-state index in [4.69, 9.17) is 17.3 Å². The van der Waals surface area contributed by atoms with Crippen LogP contribution in [0.5, 0.6) is 0 Å². The number of nitrogens with one attached hydrogen (secondary N) is 2. The van der Waals surface area contributed by atoms with Gasteiger partial charge in [-0.3, -0.25) is 14.9 Å². The highest BCUT2D eigenvalue weighted by Gasteiger charge is 2.17. The van der Waals surface area contributed by atoms with E-state index in [2.05, 4.69) is 15.3 Å². The second-order valence-corrected chi connectivity index (χ2v) is 6.17. The zero-order chi connectivity index (χ0) is 18.1. The van der Waals surface area contributed by atoms with Gasteiger partial charge >= 0.3 is 0 Å². The van der Waals surface area contributed by atoms with Crippen LogP contribution in [0.1, 0.15) is 20.8 Å². The highest BCUT2D eigenvalue weighted by atomic mass is 35.5. The second-order valence-electron chi connectivity index (χ2n) is 4.90. The number of carbonyl (C=O) groups excluding carboxylic acids is 2. The molecule has 0 atom stereocenters. The molecule has 0 aliphatic rings. The number of benzene rings is 1. The van der Waals surface area contributed by atoms with Crippen LogP contribution in [0.3, 0.4) is 0 Å². The Kier molecular flexibility index (Phi) is 4.51. The normalized spacial score (nSPS) is 10.7. The molecule has 3 aromatic rings. The minimum absolute atomic E-state index is 0.213. The van der Waals surface area contributed by atoms with Crippen LogP contribution in [0.25, 0.3) is 11.3 Å². The Hall–Kier alpha value is -2.78. The summed E-state index contributed by atoms with van der Waals surface area (Å²) in [6, 6.07) is 2.96. The number of aromatic amines is 1. The van der Waals surface area contributed by atoms with Crippen molar-refractivity contribution < 1.29 is 18.4 Å². The largest absolute Gasteiger partial charge is 0.364 e. The monoisotopic (exact) mass is 382 g/mol. The molecule has 2 amide bonds. The number of hydrogen-bond acceptors (Lipinski definition) is 4. The van der Waals surface area contributed by atoms with E-state index in [9.17, 15) is 18.4 Å². The highest BCUT2D eigenvalue weighted by Crippen LogP contribution is 2.27. The van der Waals surface area contributed by atoms with E-state index in [1.54, 1.807) is 11.6 Å². The predicted octanol–water partition coefficient (Wildman–Crippen LogP) is 3.42. The van der Waals surface area contributed by atoms with Gasteiger partial charge in [0.15, 0.2) is 16.8 Å². The van der Waals surface area contributed by atoms with Gasteiger partial charge in [0.05, 0.1) is 16.3 Å². The number of nitrogens with two attached hydrogens (primary N) is 1. The summed E-state index contributed by atoms with van der Waals surface area (Å²) in [4.78, 5) is 30.1. The first-order chi connectivity index (χ1) is 11.8. The van der Waals surface area contributed by atoms with E-state index in [0.717, 1.165) is 17.4 Å². The van der Waals surface area contributed by atoms with Crippen LogP contribution in [0.4, 0.5) is 13.9 Å². The third kappa shape index (κ3) is 3.52. The molecule has 6 nitrogen and oxygen atoms in total. The molecule has 0 fully saturated rings. The number of carbonyl (C=O) groups is 2. The Labute approximate surface area is 148 Å². The molecule has 128 valence electrons. The summed E-state index contributed by atoms with van der Waals surface area (Å²) in [6.07, 6.45) is 1.55. The quantitative estimate of drug-likeness (QED) is 0.602. The molecule has 25 heavy (non-hydrogen) atoms. The molecule has 0 aliphatic heterocycles. The average molecular weight is 383 g/mol. The molecule has 2 heterocycles. The van der Waals surface area contributed by atoms with E-state index in [1.807, 2.05) is 0 Å². The minimum atomic E-state index is -1.18. The Morgan fingerprint density at radius 2 is 1.96 bits per heavy atom. The Morgan fingerprint density at radius 3 is 2.64 bits per heavy atom. The number of amides is 2. The fourth-order valence-corrected chi connectivity index (χ4v) is 2.96. The van der Waals surface area contributed by atoms with Crippen LogP contribution < -0.4 is 11.1 Å². The van der Waals surface area contributed by atoms with Crippen LogP contribution in [0.15, 0.2) is 29.8 Å². The molecule has 3 rings (SSSR count). The Morgan fingerprint density at radius 1 is 1.24 bits per heavy atom. The second kappa shape index (κ2) is 6.61. The number of aromatic nitrogens is 2. The van der Waals surface area contributed by atoms with Crippen molar-refractivity contribution in [3.8, 4) is 11.3 Å². The van der Waals surface area contributed by atoms with Crippen LogP contribution in [0.2, 0.25) is 5.02 Å². The van der Waals surface area contributed by atoms with Gasteiger partial charge < -0.3 is 10.7 Å². The molecule has 0 aliphatic carbocycles. The SMILES string of the molecule is NC(=O)c1cc(-c2csc(NC(=O)c3cc(F)c(F)cc3Cl)n2)c[nH]1. The number of rotatable bonds is 4. The maximum absolute atomic E-state index is 13.3. The zero-order valence-corrected chi connectivity index (χ0v) is 13.8. The summed E-state index contributed by atoms with van der Waals surface area (Å²) in [5.74, 6) is -3.66. The van der Waals surface area contributed by atoms with Crippen molar-refractivity contribution in [2.24, 2.45) is 5.73 Å². The van der Waals surface area contributed by atoms with Gasteiger partial charge in [-0.05, 0) is 18.2 Å². The topological polar surface area (TPSA) is 101 Å². The van der Waals surface area contributed by atoms with Gasteiger partial charge in [-0.2, -0.15) is 0 Å². The van der Waals surface area contributed by atoms with Crippen molar-refractivity contribution in [1.82, 2.24) is 9.97 Å². The van der Waals surface area contributed by atoms with Crippen molar-refractivity contribution in [3.05, 3.63) is 57.7 Å². The van der Waals surface area contributed by atoms with E-state index >= 15 is 0 Å². The maximum atomic E-state index is 13.3. The lowest BCUT2D eigenvalue weighted by atomic mass is 10.2. The lowest BCUT2D eigenvalue weighted by Gasteiger charge is -2.04. The van der Waals surface area contributed by atoms with Crippen LogP contribution in [-0.4, -0.2) is 21.8 Å². The van der Waals surface area contributed by atoms with Crippen LogP contribution in [0, 0.1) is 11.6 Å². The number of primary amides is 1. The first-order valence-corrected chi connectivity index (χ1v) is 8.01. The fourth-order valence-electron chi connectivity index (χ4n) is 2.01. The summed E-state index contributed by atoms with van der Waals surface area (Å²) in [5, 5.41) is 4.11. The number of anilines is 1.